The van der Waals surface area contributed by atoms with Crippen molar-refractivity contribution < 1.29 is 14.6 Å². The largest absolute Gasteiger partial charge is 0.480 e. The smallest absolute Gasteiger partial charge is 0.341 e. The third-order valence-corrected chi connectivity index (χ3v) is 2.34. The number of nitrogens with zero attached hydrogens (tertiary/aromatic N) is 1. The number of benzene rings is 1. The first-order valence-corrected chi connectivity index (χ1v) is 5.97. The standard InChI is InChI=1S/C8H5Cl3O3.C3H9N/c9-4-1-6(11)7(2-5(4)10)14-3-8(12)13;1-4(2)3/h1-2H,3H2,(H,12,13);1-3H3. The van der Waals surface area contributed by atoms with Gasteiger partial charge in [-0.2, -0.15) is 0 Å². The van der Waals surface area contributed by atoms with E-state index in [4.69, 9.17) is 44.6 Å². The van der Waals surface area contributed by atoms with Gasteiger partial charge < -0.3 is 14.7 Å². The molecule has 102 valence electrons. The quantitative estimate of drug-likeness (QED) is 0.870. The molecule has 0 aliphatic carbocycles. The number of hydrogen-bond acceptors (Lipinski definition) is 3. The highest BCUT2D eigenvalue weighted by Crippen LogP contribution is 2.33. The molecule has 0 aromatic heterocycles. The Bertz CT molecular complexity index is 408. The van der Waals surface area contributed by atoms with E-state index < -0.39 is 12.6 Å². The first kappa shape index (κ1) is 17.3. The van der Waals surface area contributed by atoms with Crippen molar-refractivity contribution >= 4 is 40.8 Å². The minimum Gasteiger partial charge on any atom is -0.480 e. The van der Waals surface area contributed by atoms with E-state index in [0.717, 1.165) is 0 Å². The summed E-state index contributed by atoms with van der Waals surface area (Å²) in [4.78, 5) is 12.2. The Labute approximate surface area is 121 Å². The SMILES string of the molecule is CN(C)C.O=C(O)COc1cc(Cl)c(Cl)cc1Cl. The Balaban J connectivity index is 0.000000631. The summed E-state index contributed by atoms with van der Waals surface area (Å²) >= 11 is 17.1. The predicted molar refractivity (Wildman–Crippen MR) is 74.2 cm³/mol. The molecule has 4 nitrogen and oxygen atoms in total. The number of hydrogen-bond donors (Lipinski definition) is 1. The highest BCUT2D eigenvalue weighted by atomic mass is 35.5. The summed E-state index contributed by atoms with van der Waals surface area (Å²) in [6.45, 7) is -0.475. The van der Waals surface area contributed by atoms with E-state index in [-0.39, 0.29) is 15.8 Å². The number of aliphatic carboxylic acids is 1. The zero-order valence-electron chi connectivity index (χ0n) is 10.2. The van der Waals surface area contributed by atoms with Crippen LogP contribution in [0.5, 0.6) is 5.75 Å². The molecule has 0 heterocycles. The van der Waals surface area contributed by atoms with Crippen molar-refractivity contribution in [3.8, 4) is 5.75 Å². The summed E-state index contributed by atoms with van der Waals surface area (Å²) in [7, 11) is 6.00. The lowest BCUT2D eigenvalue weighted by molar-refractivity contribution is -0.139. The summed E-state index contributed by atoms with van der Waals surface area (Å²) in [5, 5.41) is 9.14. The van der Waals surface area contributed by atoms with Crippen molar-refractivity contribution in [2.75, 3.05) is 27.7 Å². The molecule has 1 aromatic carbocycles. The molecule has 0 aliphatic rings. The van der Waals surface area contributed by atoms with Gasteiger partial charge in [0.1, 0.15) is 5.75 Å². The third-order valence-electron chi connectivity index (χ3n) is 1.33. The molecule has 1 rings (SSSR count). The van der Waals surface area contributed by atoms with Gasteiger partial charge in [-0.15, -0.1) is 0 Å². The number of ether oxygens (including phenoxy) is 1. The molecule has 0 saturated carbocycles. The second-order valence-electron chi connectivity index (χ2n) is 3.72. The predicted octanol–water partition coefficient (Wildman–Crippen LogP) is 3.29. The van der Waals surface area contributed by atoms with Gasteiger partial charge in [0.25, 0.3) is 0 Å². The van der Waals surface area contributed by atoms with Gasteiger partial charge in [0, 0.05) is 6.07 Å². The molecule has 0 fully saturated rings. The normalized spacial score (nSPS) is 9.72. The molecule has 1 aromatic rings. The average Bonchev–Trinajstić information content (AvgIpc) is 2.20. The van der Waals surface area contributed by atoms with Crippen molar-refractivity contribution in [2.24, 2.45) is 0 Å². The summed E-state index contributed by atoms with van der Waals surface area (Å²) < 4.78 is 4.86. The fraction of sp³-hybridized carbons (Fsp3) is 0.364. The van der Waals surface area contributed by atoms with E-state index in [1.807, 2.05) is 26.0 Å². The maximum absolute atomic E-state index is 10.2. The van der Waals surface area contributed by atoms with Crippen molar-refractivity contribution in [3.05, 3.63) is 27.2 Å². The molecule has 0 atom stereocenters. The highest BCUT2D eigenvalue weighted by Gasteiger charge is 2.08. The fourth-order valence-corrected chi connectivity index (χ4v) is 1.35. The molecule has 0 amide bonds. The minimum absolute atomic E-state index is 0.198. The van der Waals surface area contributed by atoms with Crippen LogP contribution in [0.25, 0.3) is 0 Å². The first-order valence-electron chi connectivity index (χ1n) is 4.84. The molecule has 0 saturated heterocycles. The number of carboxylic acid groups (broad SMARTS) is 1. The van der Waals surface area contributed by atoms with Crippen LogP contribution in [-0.4, -0.2) is 43.7 Å². The van der Waals surface area contributed by atoms with Crippen molar-refractivity contribution in [1.82, 2.24) is 4.90 Å². The van der Waals surface area contributed by atoms with Gasteiger partial charge in [-0.1, -0.05) is 34.8 Å². The molecule has 1 N–H and O–H groups in total. The van der Waals surface area contributed by atoms with E-state index in [1.54, 1.807) is 0 Å². The lowest BCUT2D eigenvalue weighted by atomic mass is 10.3. The van der Waals surface area contributed by atoms with Crippen LogP contribution in [0.2, 0.25) is 15.1 Å². The highest BCUT2D eigenvalue weighted by molar-refractivity contribution is 6.43. The van der Waals surface area contributed by atoms with Crippen molar-refractivity contribution in [3.63, 3.8) is 0 Å². The Morgan fingerprint density at radius 1 is 1.17 bits per heavy atom. The third kappa shape index (κ3) is 7.61. The lowest BCUT2D eigenvalue weighted by Crippen LogP contribution is -2.09. The van der Waals surface area contributed by atoms with E-state index in [0.29, 0.717) is 5.02 Å². The Kier molecular flexibility index (Phi) is 8.11. The van der Waals surface area contributed by atoms with Gasteiger partial charge in [-0.3, -0.25) is 0 Å². The molecule has 18 heavy (non-hydrogen) atoms. The zero-order valence-corrected chi connectivity index (χ0v) is 12.5. The van der Waals surface area contributed by atoms with Gasteiger partial charge in [0.05, 0.1) is 15.1 Å². The average molecular weight is 315 g/mol. The molecule has 0 spiro atoms. The number of rotatable bonds is 3. The Hall–Kier alpha value is -0.680. The van der Waals surface area contributed by atoms with Crippen LogP contribution in [0.15, 0.2) is 12.1 Å². The molecule has 0 unspecified atom stereocenters. The van der Waals surface area contributed by atoms with Crippen LogP contribution in [0, 0.1) is 0 Å². The molecule has 0 bridgehead atoms. The minimum atomic E-state index is -1.09. The Morgan fingerprint density at radius 3 is 2.06 bits per heavy atom. The summed E-state index contributed by atoms with van der Waals surface area (Å²) in [5.41, 5.74) is 0. The van der Waals surface area contributed by atoms with Crippen LogP contribution in [0.3, 0.4) is 0 Å². The van der Waals surface area contributed by atoms with Gasteiger partial charge in [-0.25, -0.2) is 4.79 Å². The van der Waals surface area contributed by atoms with Gasteiger partial charge in [-0.05, 0) is 27.2 Å². The van der Waals surface area contributed by atoms with E-state index in [2.05, 4.69) is 0 Å². The molecular weight excluding hydrogens is 300 g/mol. The van der Waals surface area contributed by atoms with Crippen LogP contribution in [0.4, 0.5) is 0 Å². The molecule has 7 heteroatoms. The van der Waals surface area contributed by atoms with Gasteiger partial charge in [0.15, 0.2) is 6.61 Å². The maximum Gasteiger partial charge on any atom is 0.341 e. The fourth-order valence-electron chi connectivity index (χ4n) is 0.754. The van der Waals surface area contributed by atoms with Crippen LogP contribution < -0.4 is 4.74 Å². The van der Waals surface area contributed by atoms with Gasteiger partial charge in [0.2, 0.25) is 0 Å². The van der Waals surface area contributed by atoms with E-state index in [9.17, 15) is 4.79 Å². The Morgan fingerprint density at radius 2 is 1.61 bits per heavy atom. The lowest BCUT2D eigenvalue weighted by Gasteiger charge is -2.06. The van der Waals surface area contributed by atoms with Crippen LogP contribution in [0.1, 0.15) is 0 Å². The summed E-state index contributed by atoms with van der Waals surface area (Å²) in [6, 6.07) is 2.76. The summed E-state index contributed by atoms with van der Waals surface area (Å²) in [5.74, 6) is -0.893. The number of carboxylic acids is 1. The molecular formula is C11H14Cl3NO3. The van der Waals surface area contributed by atoms with Crippen molar-refractivity contribution in [2.45, 2.75) is 0 Å². The van der Waals surface area contributed by atoms with Gasteiger partial charge >= 0.3 is 5.97 Å². The number of halogens is 3. The summed E-state index contributed by atoms with van der Waals surface area (Å²) in [6.07, 6.45) is 0. The van der Waals surface area contributed by atoms with E-state index in [1.165, 1.54) is 12.1 Å². The first-order chi connectivity index (χ1) is 8.23. The van der Waals surface area contributed by atoms with E-state index >= 15 is 0 Å². The number of carbonyl (C=O) groups is 1. The van der Waals surface area contributed by atoms with Crippen LogP contribution in [-0.2, 0) is 4.79 Å². The maximum atomic E-state index is 10.2. The second kappa shape index (κ2) is 8.43. The monoisotopic (exact) mass is 313 g/mol. The van der Waals surface area contributed by atoms with Crippen molar-refractivity contribution in [1.29, 1.82) is 0 Å². The topological polar surface area (TPSA) is 49.8 Å². The van der Waals surface area contributed by atoms with Crippen LogP contribution >= 0.6 is 34.8 Å². The second-order valence-corrected chi connectivity index (χ2v) is 4.94. The zero-order chi connectivity index (χ0) is 14.3. The molecule has 0 radical (unpaired) electrons. The molecule has 0 aliphatic heterocycles.